The summed E-state index contributed by atoms with van der Waals surface area (Å²) in [4.78, 5) is 18.7. The molecule has 0 bridgehead atoms. The highest BCUT2D eigenvalue weighted by atomic mass is 32.2. The molecule has 1 fully saturated rings. The molecule has 0 aliphatic carbocycles. The molecule has 6 rings (SSSR count). The van der Waals surface area contributed by atoms with E-state index in [-0.39, 0.29) is 29.6 Å². The number of pyridine rings is 2. The lowest BCUT2D eigenvalue weighted by atomic mass is 9.85. The van der Waals surface area contributed by atoms with Crippen molar-refractivity contribution in [3.8, 4) is 0 Å². The van der Waals surface area contributed by atoms with E-state index in [0.29, 0.717) is 29.1 Å². The van der Waals surface area contributed by atoms with Crippen molar-refractivity contribution < 1.29 is 27.1 Å². The van der Waals surface area contributed by atoms with Gasteiger partial charge in [-0.1, -0.05) is 18.2 Å². The predicted molar refractivity (Wildman–Crippen MR) is 150 cm³/mol. The van der Waals surface area contributed by atoms with Crippen LogP contribution in [0.1, 0.15) is 65.2 Å². The van der Waals surface area contributed by atoms with Crippen LogP contribution in [0.4, 0.5) is 14.6 Å². The molecule has 10 nitrogen and oxygen atoms in total. The minimum absolute atomic E-state index is 0.00911. The maximum Gasteiger partial charge on any atom is 0.304 e. The summed E-state index contributed by atoms with van der Waals surface area (Å²) in [7, 11) is -3.86. The zero-order chi connectivity index (χ0) is 29.8. The lowest BCUT2D eigenvalue weighted by Crippen LogP contribution is -2.39. The van der Waals surface area contributed by atoms with Gasteiger partial charge in [0.15, 0.2) is 5.65 Å². The number of aromatic nitrogens is 4. The van der Waals surface area contributed by atoms with Crippen LogP contribution in [0.5, 0.6) is 0 Å². The van der Waals surface area contributed by atoms with Crippen LogP contribution in [0.15, 0.2) is 53.7 Å². The minimum Gasteiger partial charge on any atom is -0.481 e. The maximum absolute atomic E-state index is 13.9. The molecule has 0 spiro atoms. The van der Waals surface area contributed by atoms with Crippen molar-refractivity contribution in [2.24, 2.45) is 0 Å². The Labute approximate surface area is 241 Å². The summed E-state index contributed by atoms with van der Waals surface area (Å²) in [5.41, 5.74) is 3.70. The molecule has 0 radical (unpaired) electrons. The van der Waals surface area contributed by atoms with E-state index in [1.807, 2.05) is 25.1 Å². The zero-order valence-corrected chi connectivity index (χ0v) is 23.9. The third kappa shape index (κ3) is 4.79. The number of anilines is 1. The highest BCUT2D eigenvalue weighted by Gasteiger charge is 2.40. The fourth-order valence-electron chi connectivity index (χ4n) is 6.22. The third-order valence-corrected chi connectivity index (χ3v) is 10.2. The van der Waals surface area contributed by atoms with Crippen molar-refractivity contribution in [3.05, 3.63) is 82.4 Å². The van der Waals surface area contributed by atoms with Gasteiger partial charge in [-0.3, -0.25) is 9.20 Å². The second-order valence-corrected chi connectivity index (χ2v) is 12.8. The van der Waals surface area contributed by atoms with Gasteiger partial charge in [-0.2, -0.15) is 4.31 Å². The van der Waals surface area contributed by atoms with E-state index in [2.05, 4.69) is 20.1 Å². The molecule has 5 heterocycles. The Morgan fingerprint density at radius 1 is 1.17 bits per heavy atom. The molecular weight excluding hydrogens is 566 g/mol. The van der Waals surface area contributed by atoms with E-state index in [0.717, 1.165) is 30.5 Å². The highest BCUT2D eigenvalue weighted by molar-refractivity contribution is 7.89. The molecule has 0 saturated carbocycles. The number of rotatable bonds is 7. The van der Waals surface area contributed by atoms with E-state index < -0.39 is 34.2 Å². The molecule has 42 heavy (non-hydrogen) atoms. The number of nitrogens with zero attached hydrogens (tertiary/aromatic N) is 6. The van der Waals surface area contributed by atoms with E-state index >= 15 is 0 Å². The van der Waals surface area contributed by atoms with Crippen LogP contribution >= 0.6 is 0 Å². The van der Waals surface area contributed by atoms with Crippen LogP contribution in [-0.2, 0) is 21.4 Å². The molecule has 3 aromatic heterocycles. The van der Waals surface area contributed by atoms with Gasteiger partial charge in [0, 0.05) is 44.0 Å². The van der Waals surface area contributed by atoms with Crippen molar-refractivity contribution in [1.29, 1.82) is 0 Å². The van der Waals surface area contributed by atoms with Gasteiger partial charge in [-0.25, -0.2) is 22.2 Å². The van der Waals surface area contributed by atoms with E-state index in [4.69, 9.17) is 0 Å². The SMILES string of the molecule is Cc1ccc(C(CC(=O)O)c2ccn3c(C(F)F)nnc3c2C)cc1CN1C[C@H]2CCCN2c2ncccc2S1(=O)=O. The largest absolute Gasteiger partial charge is 0.481 e. The number of benzene rings is 1. The fraction of sp³-hybridized carbons (Fsp3) is 0.379. The number of hydrogen-bond acceptors (Lipinski definition) is 7. The van der Waals surface area contributed by atoms with Crippen LogP contribution in [0.25, 0.3) is 5.65 Å². The van der Waals surface area contributed by atoms with E-state index in [1.165, 1.54) is 14.9 Å². The number of carboxylic acids is 1. The predicted octanol–water partition coefficient (Wildman–Crippen LogP) is 4.46. The van der Waals surface area contributed by atoms with Crippen molar-refractivity contribution in [2.45, 2.75) is 62.9 Å². The van der Waals surface area contributed by atoms with Gasteiger partial charge < -0.3 is 10.0 Å². The van der Waals surface area contributed by atoms with Crippen molar-refractivity contribution in [2.75, 3.05) is 18.0 Å². The zero-order valence-electron chi connectivity index (χ0n) is 23.1. The van der Waals surface area contributed by atoms with E-state index in [1.54, 1.807) is 31.3 Å². The Morgan fingerprint density at radius 3 is 2.74 bits per heavy atom. The summed E-state index contributed by atoms with van der Waals surface area (Å²) in [5, 5.41) is 17.4. The van der Waals surface area contributed by atoms with Crippen LogP contribution in [0, 0.1) is 13.8 Å². The van der Waals surface area contributed by atoms with E-state index in [9.17, 15) is 27.1 Å². The number of hydrogen-bond donors (Lipinski definition) is 1. The molecule has 1 aromatic carbocycles. The first kappa shape index (κ1) is 28.2. The van der Waals surface area contributed by atoms with Crippen LogP contribution in [-0.4, -0.2) is 62.5 Å². The molecule has 13 heteroatoms. The molecular formula is C29H30F2N6O4S. The first-order valence-electron chi connectivity index (χ1n) is 13.7. The fourth-order valence-corrected chi connectivity index (χ4v) is 7.82. The lowest BCUT2D eigenvalue weighted by molar-refractivity contribution is -0.137. The summed E-state index contributed by atoms with van der Waals surface area (Å²) >= 11 is 0. The number of carboxylic acid groups (broad SMARTS) is 1. The molecule has 4 aromatic rings. The van der Waals surface area contributed by atoms with Crippen molar-refractivity contribution in [3.63, 3.8) is 0 Å². The number of aryl methyl sites for hydroxylation is 2. The lowest BCUT2D eigenvalue weighted by Gasteiger charge is -2.26. The average molecular weight is 597 g/mol. The third-order valence-electron chi connectivity index (χ3n) is 8.40. The highest BCUT2D eigenvalue weighted by Crippen LogP contribution is 2.38. The Morgan fingerprint density at radius 2 is 1.98 bits per heavy atom. The van der Waals surface area contributed by atoms with Gasteiger partial charge >= 0.3 is 5.97 Å². The Bertz CT molecular complexity index is 1790. The summed E-state index contributed by atoms with van der Waals surface area (Å²) < 4.78 is 57.3. The van der Waals surface area contributed by atoms with Gasteiger partial charge in [0.25, 0.3) is 6.43 Å². The molecule has 2 aliphatic heterocycles. The maximum atomic E-state index is 13.9. The molecule has 1 saturated heterocycles. The van der Waals surface area contributed by atoms with Crippen LogP contribution < -0.4 is 4.90 Å². The summed E-state index contributed by atoms with van der Waals surface area (Å²) in [6.45, 7) is 4.78. The molecule has 220 valence electrons. The Balaban J connectivity index is 1.40. The normalized spacial score (nSPS) is 19.1. The Kier molecular flexibility index (Phi) is 7.17. The second-order valence-electron chi connectivity index (χ2n) is 10.9. The number of sulfonamides is 1. The molecule has 1 unspecified atom stereocenters. The van der Waals surface area contributed by atoms with Gasteiger partial charge in [0.05, 0.1) is 6.42 Å². The molecule has 2 atom stereocenters. The smallest absolute Gasteiger partial charge is 0.304 e. The van der Waals surface area contributed by atoms with Crippen LogP contribution in [0.2, 0.25) is 0 Å². The standard InChI is InChI=1S/C29H30F2N6O4S/c1-17-7-8-19(23(14-25(38)39)22-9-12-37-27(18(22)2)33-34-29(37)26(30)31)13-20(17)15-35-16-21-5-4-11-36(21)28-24(42(35,40)41)6-3-10-32-28/h3,6-10,12-13,21,23,26H,4-5,11,14-16H2,1-2H3,(H,38,39)/t21-,23?/m1/s1. The average Bonchev–Trinajstić information content (AvgIpc) is 3.59. The number of aliphatic carboxylic acids is 1. The number of fused-ring (bicyclic) bond motifs is 4. The molecule has 0 amide bonds. The molecule has 2 aliphatic rings. The van der Waals surface area contributed by atoms with Gasteiger partial charge in [-0.05, 0) is 72.7 Å². The quantitative estimate of drug-likeness (QED) is 0.332. The van der Waals surface area contributed by atoms with Crippen molar-refractivity contribution in [1.82, 2.24) is 23.9 Å². The topological polar surface area (TPSA) is 121 Å². The number of alkyl halides is 2. The monoisotopic (exact) mass is 596 g/mol. The van der Waals surface area contributed by atoms with Gasteiger partial charge in [0.2, 0.25) is 15.8 Å². The summed E-state index contributed by atoms with van der Waals surface area (Å²) in [5.74, 6) is -1.65. The first-order valence-corrected chi connectivity index (χ1v) is 15.2. The summed E-state index contributed by atoms with van der Waals surface area (Å²) in [6.07, 6.45) is 1.80. The molecule has 1 N–H and O–H groups in total. The Hall–Kier alpha value is -3.97. The van der Waals surface area contributed by atoms with Gasteiger partial charge in [0.1, 0.15) is 10.7 Å². The number of carbonyl (C=O) groups is 1. The van der Waals surface area contributed by atoms with Crippen molar-refractivity contribution >= 4 is 27.5 Å². The summed E-state index contributed by atoms with van der Waals surface area (Å²) in [6, 6.07) is 10.4. The second kappa shape index (κ2) is 10.7. The van der Waals surface area contributed by atoms with Crippen LogP contribution in [0.3, 0.4) is 0 Å². The van der Waals surface area contributed by atoms with Gasteiger partial charge in [-0.15, -0.1) is 10.2 Å². The first-order chi connectivity index (χ1) is 20.1. The number of halogens is 2. The minimum atomic E-state index is -3.86.